The molecule has 5 rings (SSSR count). The Bertz CT molecular complexity index is 1370. The van der Waals surface area contributed by atoms with Crippen molar-refractivity contribution in [3.05, 3.63) is 59.4 Å². The Labute approximate surface area is 219 Å². The van der Waals surface area contributed by atoms with E-state index in [9.17, 15) is 18.0 Å². The van der Waals surface area contributed by atoms with Gasteiger partial charge in [0.25, 0.3) is 0 Å². The summed E-state index contributed by atoms with van der Waals surface area (Å²) in [4.78, 5) is 21.4. The normalized spacial score (nSPS) is 16.3. The van der Waals surface area contributed by atoms with Gasteiger partial charge in [-0.05, 0) is 69.6 Å². The molecule has 11 heteroatoms. The van der Waals surface area contributed by atoms with Crippen molar-refractivity contribution in [3.8, 4) is 5.69 Å². The molecule has 0 radical (unpaired) electrons. The van der Waals surface area contributed by atoms with Crippen LogP contribution >= 0.6 is 0 Å². The van der Waals surface area contributed by atoms with Gasteiger partial charge in [-0.15, -0.1) is 5.10 Å². The van der Waals surface area contributed by atoms with Crippen LogP contribution in [0.4, 0.5) is 30.2 Å². The van der Waals surface area contributed by atoms with E-state index >= 15 is 0 Å². The van der Waals surface area contributed by atoms with Crippen LogP contribution in [0, 0.1) is 0 Å². The lowest BCUT2D eigenvalue weighted by molar-refractivity contribution is -0.137. The van der Waals surface area contributed by atoms with E-state index in [4.69, 9.17) is 4.99 Å². The quantitative estimate of drug-likeness (QED) is 0.479. The van der Waals surface area contributed by atoms with Crippen molar-refractivity contribution in [2.24, 2.45) is 4.99 Å². The van der Waals surface area contributed by atoms with Crippen LogP contribution in [-0.2, 0) is 17.5 Å². The number of hydrogen-bond donors (Lipinski definition) is 1. The van der Waals surface area contributed by atoms with E-state index < -0.39 is 17.6 Å². The average Bonchev–Trinajstić information content (AvgIpc) is 3.52. The molecule has 38 heavy (non-hydrogen) atoms. The van der Waals surface area contributed by atoms with Gasteiger partial charge in [0.15, 0.2) is 0 Å². The first-order valence-electron chi connectivity index (χ1n) is 12.7. The van der Waals surface area contributed by atoms with Gasteiger partial charge in [0.1, 0.15) is 0 Å². The van der Waals surface area contributed by atoms with E-state index in [-0.39, 0.29) is 29.5 Å². The van der Waals surface area contributed by atoms with Gasteiger partial charge in [0, 0.05) is 19.6 Å². The molecular formula is C27H30F3N7O. The number of likely N-dealkylation sites (tertiary alicyclic amines) is 1. The van der Waals surface area contributed by atoms with Crippen molar-refractivity contribution < 1.29 is 18.0 Å². The van der Waals surface area contributed by atoms with Gasteiger partial charge in [-0.3, -0.25) is 14.7 Å². The highest BCUT2D eigenvalue weighted by molar-refractivity contribution is 6.17. The molecule has 2 aromatic carbocycles. The molecule has 0 atom stereocenters. The number of anilines is 2. The summed E-state index contributed by atoms with van der Waals surface area (Å²) in [5.41, 5.74) is 2.39. The smallest absolute Gasteiger partial charge is 0.372 e. The highest BCUT2D eigenvalue weighted by atomic mass is 19.4. The summed E-state index contributed by atoms with van der Waals surface area (Å²) in [6, 6.07) is 9.68. The maximum absolute atomic E-state index is 13.9. The molecule has 0 aliphatic carbocycles. The van der Waals surface area contributed by atoms with Gasteiger partial charge in [0.05, 0.1) is 52.3 Å². The van der Waals surface area contributed by atoms with Crippen LogP contribution in [0.15, 0.2) is 47.6 Å². The van der Waals surface area contributed by atoms with Crippen LogP contribution in [0.1, 0.15) is 49.9 Å². The number of rotatable bonds is 6. The number of aliphatic imine (C=N–C) groups is 1. The third-order valence-corrected chi connectivity index (χ3v) is 7.06. The molecule has 200 valence electrons. The number of hydrogen-bond acceptors (Lipinski definition) is 6. The van der Waals surface area contributed by atoms with E-state index in [1.807, 2.05) is 38.1 Å². The molecule has 3 aromatic rings. The Morgan fingerprint density at radius 3 is 2.61 bits per heavy atom. The summed E-state index contributed by atoms with van der Waals surface area (Å²) >= 11 is 0. The van der Waals surface area contributed by atoms with Crippen molar-refractivity contribution in [1.82, 2.24) is 19.9 Å². The standard InChI is InChI=1S/C27H30F3N7O/c1-17(2)35(3)25-13-24-23(12-21(25)27(28,29)30)33-26(38)14-22(32-24)18-7-6-8-19(11-18)37-20(15-31-34-37)16-36-9-4-5-10-36/h6-8,11-13,15,17H,4-5,9-10,14,16H2,1-3H3,(H,33,38). The van der Waals surface area contributed by atoms with Crippen LogP contribution in [0.2, 0.25) is 0 Å². The minimum Gasteiger partial charge on any atom is -0.372 e. The number of nitrogens with one attached hydrogen (secondary N) is 1. The monoisotopic (exact) mass is 525 g/mol. The van der Waals surface area contributed by atoms with Crippen LogP contribution in [0.3, 0.4) is 0 Å². The summed E-state index contributed by atoms with van der Waals surface area (Å²) in [5, 5.41) is 11.0. The number of aromatic nitrogens is 3. The van der Waals surface area contributed by atoms with E-state index in [0.717, 1.165) is 37.1 Å². The van der Waals surface area contributed by atoms with Crippen LogP contribution in [0.25, 0.3) is 5.69 Å². The first kappa shape index (κ1) is 25.9. The number of alkyl halides is 3. The molecule has 1 fully saturated rings. The maximum atomic E-state index is 13.9. The van der Waals surface area contributed by atoms with Crippen LogP contribution in [0.5, 0.6) is 0 Å². The van der Waals surface area contributed by atoms with Gasteiger partial charge in [0.2, 0.25) is 5.91 Å². The predicted octanol–water partition coefficient (Wildman–Crippen LogP) is 5.19. The van der Waals surface area contributed by atoms with E-state index in [1.54, 1.807) is 22.8 Å². The second kappa shape index (κ2) is 10.2. The number of carbonyl (C=O) groups excluding carboxylic acids is 1. The first-order valence-corrected chi connectivity index (χ1v) is 12.7. The second-order valence-corrected chi connectivity index (χ2v) is 10.0. The number of carbonyl (C=O) groups is 1. The van der Waals surface area contributed by atoms with E-state index in [0.29, 0.717) is 11.3 Å². The van der Waals surface area contributed by atoms with Gasteiger partial charge >= 0.3 is 6.18 Å². The van der Waals surface area contributed by atoms with Gasteiger partial charge in [-0.2, -0.15) is 13.2 Å². The zero-order valence-corrected chi connectivity index (χ0v) is 21.6. The Hall–Kier alpha value is -3.73. The van der Waals surface area contributed by atoms with Crippen molar-refractivity contribution in [2.75, 3.05) is 30.4 Å². The fourth-order valence-corrected chi connectivity index (χ4v) is 4.83. The molecule has 1 saturated heterocycles. The molecule has 1 amide bonds. The van der Waals surface area contributed by atoms with Crippen LogP contribution < -0.4 is 10.2 Å². The highest BCUT2D eigenvalue weighted by Gasteiger charge is 2.36. The third-order valence-electron chi connectivity index (χ3n) is 7.06. The van der Waals surface area contributed by atoms with Crippen LogP contribution in [-0.4, -0.2) is 57.7 Å². The molecule has 0 saturated carbocycles. The summed E-state index contributed by atoms with van der Waals surface area (Å²) in [6.07, 6.45) is -0.551. The Morgan fingerprint density at radius 1 is 1.13 bits per heavy atom. The third kappa shape index (κ3) is 5.28. The number of benzene rings is 2. The molecule has 0 bridgehead atoms. The molecule has 2 aliphatic heterocycles. The molecule has 0 spiro atoms. The molecule has 1 aromatic heterocycles. The molecular weight excluding hydrogens is 495 g/mol. The SMILES string of the molecule is CC(C)N(C)c1cc2c(cc1C(F)(F)F)NC(=O)CC(c1cccc(-n3nncc3CN3CCCC3)c1)=N2. The summed E-state index contributed by atoms with van der Waals surface area (Å²) in [7, 11) is 1.61. The van der Waals surface area contributed by atoms with Crippen molar-refractivity contribution in [3.63, 3.8) is 0 Å². The largest absolute Gasteiger partial charge is 0.418 e. The Morgan fingerprint density at radius 2 is 1.89 bits per heavy atom. The summed E-state index contributed by atoms with van der Waals surface area (Å²) < 4.78 is 43.6. The van der Waals surface area contributed by atoms with E-state index in [2.05, 4.69) is 20.5 Å². The lowest BCUT2D eigenvalue weighted by Gasteiger charge is -2.28. The molecule has 2 aliphatic rings. The summed E-state index contributed by atoms with van der Waals surface area (Å²) in [6.45, 7) is 6.45. The number of amides is 1. The number of fused-ring (bicyclic) bond motifs is 1. The average molecular weight is 526 g/mol. The number of nitrogens with zero attached hydrogens (tertiary/aromatic N) is 6. The zero-order chi connectivity index (χ0) is 27.0. The van der Waals surface area contributed by atoms with E-state index in [1.165, 1.54) is 18.9 Å². The molecule has 0 unspecified atom stereocenters. The van der Waals surface area contributed by atoms with Gasteiger partial charge in [-0.1, -0.05) is 17.3 Å². The van der Waals surface area contributed by atoms with Gasteiger partial charge in [-0.25, -0.2) is 4.68 Å². The number of halogens is 3. The topological polar surface area (TPSA) is 78.7 Å². The van der Waals surface area contributed by atoms with Crippen molar-refractivity contribution in [2.45, 2.75) is 51.9 Å². The van der Waals surface area contributed by atoms with Gasteiger partial charge < -0.3 is 10.2 Å². The molecule has 3 heterocycles. The Balaban J connectivity index is 1.55. The fraction of sp³-hybridized carbons (Fsp3) is 0.407. The lowest BCUT2D eigenvalue weighted by atomic mass is 10.1. The fourth-order valence-electron chi connectivity index (χ4n) is 4.83. The Kier molecular flexibility index (Phi) is 6.95. The predicted molar refractivity (Wildman–Crippen MR) is 140 cm³/mol. The highest BCUT2D eigenvalue weighted by Crippen LogP contribution is 2.43. The second-order valence-electron chi connectivity index (χ2n) is 10.0. The molecule has 8 nitrogen and oxygen atoms in total. The zero-order valence-electron chi connectivity index (χ0n) is 21.6. The summed E-state index contributed by atoms with van der Waals surface area (Å²) in [5.74, 6) is -0.429. The maximum Gasteiger partial charge on any atom is 0.418 e. The van der Waals surface area contributed by atoms with Crippen molar-refractivity contribution in [1.29, 1.82) is 0 Å². The van der Waals surface area contributed by atoms with Crippen molar-refractivity contribution >= 4 is 28.7 Å². The lowest BCUT2D eigenvalue weighted by Crippen LogP contribution is -2.28. The minimum absolute atomic E-state index is 0.00780. The first-order chi connectivity index (χ1) is 18.1. The minimum atomic E-state index is -4.59. The molecule has 1 N–H and O–H groups in total.